The molecule has 0 saturated heterocycles. The van der Waals surface area contributed by atoms with E-state index in [0.717, 1.165) is 17.7 Å². The lowest BCUT2D eigenvalue weighted by atomic mass is 10.2. The van der Waals surface area contributed by atoms with Gasteiger partial charge in [-0.25, -0.2) is 23.5 Å². The third-order valence-electron chi connectivity index (χ3n) is 2.23. The molecule has 0 spiro atoms. The van der Waals surface area contributed by atoms with Gasteiger partial charge in [0.25, 0.3) is 6.43 Å². The molecule has 0 atom stereocenters. The topological polar surface area (TPSA) is 72.3 Å². The van der Waals surface area contributed by atoms with Crippen molar-refractivity contribution in [1.29, 1.82) is 0 Å². The summed E-state index contributed by atoms with van der Waals surface area (Å²) in [6.07, 6.45) is -1.46. The van der Waals surface area contributed by atoms with Gasteiger partial charge in [-0.05, 0) is 12.5 Å². The minimum absolute atomic E-state index is 0.0125. The number of aryl methyl sites for hydroxylation is 1. The highest BCUT2D eigenvalue weighted by molar-refractivity contribution is 7.20. The molecule has 18 heavy (non-hydrogen) atoms. The van der Waals surface area contributed by atoms with Gasteiger partial charge in [0.05, 0.1) is 5.39 Å². The summed E-state index contributed by atoms with van der Waals surface area (Å²) in [5.41, 5.74) is 0.423. The summed E-state index contributed by atoms with van der Waals surface area (Å²) < 4.78 is 29.1. The first-order chi connectivity index (χ1) is 8.50. The van der Waals surface area contributed by atoms with Crippen LogP contribution in [0.15, 0.2) is 6.33 Å². The molecule has 0 aliphatic heterocycles. The Bertz CT molecular complexity index is 600. The van der Waals surface area contributed by atoms with Gasteiger partial charge in [0.1, 0.15) is 16.0 Å². The Morgan fingerprint density at radius 3 is 2.89 bits per heavy atom. The van der Waals surface area contributed by atoms with Gasteiger partial charge in [-0.1, -0.05) is 0 Å². The molecule has 0 aliphatic carbocycles. The fraction of sp³-hybridized carbons (Fsp3) is 0.300. The number of carbonyl (C=O) groups is 1. The Morgan fingerprint density at radius 2 is 2.28 bits per heavy atom. The highest BCUT2D eigenvalue weighted by Gasteiger charge is 2.19. The number of nitrogens with zero attached hydrogens (tertiary/aromatic N) is 2. The number of hydrogen-bond acceptors (Lipinski definition) is 5. The molecule has 0 amide bonds. The Balaban J connectivity index is 2.51. The molecule has 2 rings (SSSR count). The zero-order chi connectivity index (χ0) is 13.3. The molecule has 0 unspecified atom stereocenters. The molecule has 8 heteroatoms. The van der Waals surface area contributed by atoms with E-state index in [-0.39, 0.29) is 10.8 Å². The van der Waals surface area contributed by atoms with Gasteiger partial charge in [0.15, 0.2) is 6.61 Å². The van der Waals surface area contributed by atoms with E-state index in [4.69, 9.17) is 9.84 Å². The number of hydrogen-bond donors (Lipinski definition) is 1. The third-order valence-corrected chi connectivity index (χ3v) is 3.42. The normalized spacial score (nSPS) is 11.1. The van der Waals surface area contributed by atoms with Crippen molar-refractivity contribution < 1.29 is 23.4 Å². The largest absolute Gasteiger partial charge is 0.477 e. The number of carboxylic acid groups (broad SMARTS) is 1. The lowest BCUT2D eigenvalue weighted by Gasteiger charge is -2.05. The highest BCUT2D eigenvalue weighted by Crippen LogP contribution is 2.34. The van der Waals surface area contributed by atoms with Crippen LogP contribution in [0.1, 0.15) is 15.2 Å². The van der Waals surface area contributed by atoms with Crippen LogP contribution in [0.4, 0.5) is 8.78 Å². The third kappa shape index (κ3) is 2.23. The van der Waals surface area contributed by atoms with Gasteiger partial charge >= 0.3 is 5.97 Å². The predicted octanol–water partition coefficient (Wildman–Crippen LogP) is 2.34. The molecule has 5 nitrogen and oxygen atoms in total. The highest BCUT2D eigenvalue weighted by atomic mass is 32.1. The molecule has 1 N–H and O–H groups in total. The predicted molar refractivity (Wildman–Crippen MR) is 60.6 cm³/mol. The maximum Gasteiger partial charge on any atom is 0.346 e. The molecular formula is C10H8F2N2O3S. The van der Waals surface area contributed by atoms with Crippen LogP contribution < -0.4 is 4.74 Å². The van der Waals surface area contributed by atoms with Crippen LogP contribution in [-0.4, -0.2) is 34.1 Å². The van der Waals surface area contributed by atoms with Crippen molar-refractivity contribution in [3.63, 3.8) is 0 Å². The van der Waals surface area contributed by atoms with Crippen molar-refractivity contribution in [3.05, 3.63) is 16.8 Å². The minimum Gasteiger partial charge on any atom is -0.477 e. The van der Waals surface area contributed by atoms with Gasteiger partial charge < -0.3 is 9.84 Å². The van der Waals surface area contributed by atoms with E-state index >= 15 is 0 Å². The Hall–Kier alpha value is -1.83. The molecule has 0 fully saturated rings. The smallest absolute Gasteiger partial charge is 0.346 e. The Kier molecular flexibility index (Phi) is 3.37. The number of carboxylic acids is 1. The first kappa shape index (κ1) is 12.6. The van der Waals surface area contributed by atoms with Gasteiger partial charge in [-0.15, -0.1) is 11.3 Å². The van der Waals surface area contributed by atoms with E-state index in [1.54, 1.807) is 6.92 Å². The summed E-state index contributed by atoms with van der Waals surface area (Å²) in [4.78, 5) is 19.1. The Labute approximate surface area is 104 Å². The lowest BCUT2D eigenvalue weighted by Crippen LogP contribution is -2.08. The summed E-state index contributed by atoms with van der Waals surface area (Å²) in [5.74, 6) is -1.10. The average molecular weight is 274 g/mol. The quantitative estimate of drug-likeness (QED) is 0.926. The van der Waals surface area contributed by atoms with E-state index in [1.165, 1.54) is 0 Å². The molecule has 2 aromatic heterocycles. The van der Waals surface area contributed by atoms with Crippen molar-refractivity contribution in [1.82, 2.24) is 9.97 Å². The molecule has 0 aliphatic rings. The second kappa shape index (κ2) is 4.81. The summed E-state index contributed by atoms with van der Waals surface area (Å²) >= 11 is 0.962. The molecule has 96 valence electrons. The van der Waals surface area contributed by atoms with Crippen LogP contribution >= 0.6 is 11.3 Å². The number of aromatic carboxylic acids is 1. The zero-order valence-electron chi connectivity index (χ0n) is 9.18. The molecular weight excluding hydrogens is 266 g/mol. The van der Waals surface area contributed by atoms with Crippen LogP contribution in [0.2, 0.25) is 0 Å². The summed E-state index contributed by atoms with van der Waals surface area (Å²) in [5, 5.41) is 9.35. The zero-order valence-corrected chi connectivity index (χ0v) is 10.0. The van der Waals surface area contributed by atoms with Crippen LogP contribution in [0.3, 0.4) is 0 Å². The van der Waals surface area contributed by atoms with E-state index in [9.17, 15) is 13.6 Å². The molecule has 2 heterocycles. The average Bonchev–Trinajstić information content (AvgIpc) is 2.65. The van der Waals surface area contributed by atoms with Crippen LogP contribution in [0.25, 0.3) is 10.2 Å². The number of fused-ring (bicyclic) bond motifs is 1. The molecule has 0 saturated carbocycles. The van der Waals surface area contributed by atoms with Gasteiger partial charge in [0.2, 0.25) is 5.88 Å². The molecule has 0 aromatic carbocycles. The van der Waals surface area contributed by atoms with E-state index in [2.05, 4.69) is 9.97 Å². The molecule has 2 aromatic rings. The maximum atomic E-state index is 12.1. The maximum absolute atomic E-state index is 12.1. The number of alkyl halides is 2. The van der Waals surface area contributed by atoms with Crippen molar-refractivity contribution in [2.45, 2.75) is 13.3 Å². The number of rotatable bonds is 4. The van der Waals surface area contributed by atoms with Crippen LogP contribution in [0, 0.1) is 6.92 Å². The van der Waals surface area contributed by atoms with Gasteiger partial charge in [0, 0.05) is 0 Å². The number of thiophene rings is 1. The molecule has 0 radical (unpaired) electrons. The van der Waals surface area contributed by atoms with Crippen molar-refractivity contribution in [2.75, 3.05) is 6.61 Å². The fourth-order valence-electron chi connectivity index (χ4n) is 1.49. The van der Waals surface area contributed by atoms with Gasteiger partial charge in [-0.2, -0.15) is 0 Å². The summed E-state index contributed by atoms with van der Waals surface area (Å²) in [6.45, 7) is 0.782. The number of halogens is 2. The first-order valence-corrected chi connectivity index (χ1v) is 5.70. The SMILES string of the molecule is Cc1c(C(=O)O)sc2ncnc(OCC(F)F)c12. The summed E-state index contributed by atoms with van der Waals surface area (Å²) in [6, 6.07) is 0. The monoisotopic (exact) mass is 274 g/mol. The second-order valence-electron chi connectivity index (χ2n) is 3.42. The summed E-state index contributed by atoms with van der Waals surface area (Å²) in [7, 11) is 0. The minimum atomic E-state index is -2.62. The van der Waals surface area contributed by atoms with Crippen molar-refractivity contribution >= 4 is 27.5 Å². The van der Waals surface area contributed by atoms with E-state index < -0.39 is 19.0 Å². The second-order valence-corrected chi connectivity index (χ2v) is 4.42. The Morgan fingerprint density at radius 1 is 1.56 bits per heavy atom. The van der Waals surface area contributed by atoms with Crippen molar-refractivity contribution in [2.24, 2.45) is 0 Å². The van der Waals surface area contributed by atoms with Crippen LogP contribution in [0.5, 0.6) is 5.88 Å². The van der Waals surface area contributed by atoms with E-state index in [0.29, 0.717) is 15.8 Å². The lowest BCUT2D eigenvalue weighted by molar-refractivity contribution is 0.0701. The van der Waals surface area contributed by atoms with E-state index in [1.807, 2.05) is 0 Å². The van der Waals surface area contributed by atoms with Crippen molar-refractivity contribution in [3.8, 4) is 5.88 Å². The standard InChI is InChI=1S/C10H8F2N2O3S/c1-4-6-8(17-2-5(11)12)13-3-14-9(6)18-7(4)10(15)16/h3,5H,2H2,1H3,(H,15,16). The number of ether oxygens (including phenoxy) is 1. The fourth-order valence-corrected chi connectivity index (χ4v) is 2.47. The van der Waals surface area contributed by atoms with Crippen LogP contribution in [-0.2, 0) is 0 Å². The number of aromatic nitrogens is 2. The molecule has 0 bridgehead atoms. The van der Waals surface area contributed by atoms with Gasteiger partial charge in [-0.3, -0.25) is 0 Å². The first-order valence-electron chi connectivity index (χ1n) is 4.89.